The van der Waals surface area contributed by atoms with Crippen molar-refractivity contribution in [2.75, 3.05) is 30.5 Å². The first-order valence-corrected chi connectivity index (χ1v) is 10.1. The number of imide groups is 1. The van der Waals surface area contributed by atoms with Gasteiger partial charge in [0, 0.05) is 11.8 Å². The third-order valence-electron chi connectivity index (χ3n) is 5.29. The van der Waals surface area contributed by atoms with Crippen molar-refractivity contribution in [3.63, 3.8) is 0 Å². The van der Waals surface area contributed by atoms with Gasteiger partial charge in [-0.15, -0.1) is 0 Å². The second kappa shape index (κ2) is 8.11. The molecule has 0 atom stereocenters. The first kappa shape index (κ1) is 19.7. The lowest BCUT2D eigenvalue weighted by Crippen LogP contribution is -2.32. The summed E-state index contributed by atoms with van der Waals surface area (Å²) in [7, 11) is 1.57. The summed E-state index contributed by atoms with van der Waals surface area (Å²) in [6.45, 7) is 0.945. The second-order valence-electron chi connectivity index (χ2n) is 7.24. The van der Waals surface area contributed by atoms with Crippen molar-refractivity contribution in [3.8, 4) is 17.2 Å². The summed E-state index contributed by atoms with van der Waals surface area (Å²) < 4.78 is 16.4. The Morgan fingerprint density at radius 2 is 1.56 bits per heavy atom. The van der Waals surface area contributed by atoms with Crippen molar-refractivity contribution in [3.05, 3.63) is 84.1 Å². The number of methoxy groups -OCH3 is 1. The number of hydrogen-bond donors (Lipinski definition) is 1. The summed E-state index contributed by atoms with van der Waals surface area (Å²) in [5, 5.41) is 3.15. The third kappa shape index (κ3) is 3.43. The summed E-state index contributed by atoms with van der Waals surface area (Å²) in [5.74, 6) is 1.07. The predicted octanol–water partition coefficient (Wildman–Crippen LogP) is 3.86. The summed E-state index contributed by atoms with van der Waals surface area (Å²) >= 11 is 0. The van der Waals surface area contributed by atoms with Crippen LogP contribution in [0.2, 0.25) is 0 Å². The van der Waals surface area contributed by atoms with Crippen LogP contribution in [-0.4, -0.2) is 32.1 Å². The topological polar surface area (TPSA) is 77.1 Å². The maximum atomic E-state index is 13.4. The molecule has 0 aliphatic carbocycles. The minimum absolute atomic E-state index is 0.195. The van der Waals surface area contributed by atoms with Crippen LogP contribution in [0.3, 0.4) is 0 Å². The minimum Gasteiger partial charge on any atom is -0.497 e. The van der Waals surface area contributed by atoms with Crippen molar-refractivity contribution in [2.24, 2.45) is 0 Å². The maximum absolute atomic E-state index is 13.4. The largest absolute Gasteiger partial charge is 0.497 e. The molecule has 2 heterocycles. The van der Waals surface area contributed by atoms with Gasteiger partial charge in [0.25, 0.3) is 11.8 Å². The number of hydrogen-bond acceptors (Lipinski definition) is 6. The summed E-state index contributed by atoms with van der Waals surface area (Å²) in [6.07, 6.45) is 0. The zero-order valence-electron chi connectivity index (χ0n) is 17.3. The first-order chi connectivity index (χ1) is 15.7. The van der Waals surface area contributed by atoms with Gasteiger partial charge in [-0.1, -0.05) is 30.3 Å². The van der Waals surface area contributed by atoms with E-state index < -0.39 is 11.8 Å². The molecule has 0 saturated heterocycles. The number of para-hydroxylation sites is 1. The molecule has 2 aliphatic heterocycles. The molecule has 3 aromatic rings. The zero-order valence-corrected chi connectivity index (χ0v) is 17.3. The fraction of sp³-hybridized carbons (Fsp3) is 0.120. The van der Waals surface area contributed by atoms with E-state index in [2.05, 4.69) is 5.32 Å². The van der Waals surface area contributed by atoms with E-state index >= 15 is 0 Å². The van der Waals surface area contributed by atoms with Gasteiger partial charge in [0.2, 0.25) is 0 Å². The van der Waals surface area contributed by atoms with Crippen LogP contribution in [0.4, 0.5) is 11.4 Å². The fourth-order valence-corrected chi connectivity index (χ4v) is 3.75. The quantitative estimate of drug-likeness (QED) is 0.622. The van der Waals surface area contributed by atoms with Crippen LogP contribution in [0.15, 0.2) is 78.5 Å². The normalized spacial score (nSPS) is 15.2. The van der Waals surface area contributed by atoms with Crippen LogP contribution in [0, 0.1) is 0 Å². The molecule has 7 heteroatoms. The Morgan fingerprint density at radius 3 is 2.28 bits per heavy atom. The van der Waals surface area contributed by atoms with Gasteiger partial charge in [-0.2, -0.15) is 0 Å². The molecule has 160 valence electrons. The highest BCUT2D eigenvalue weighted by atomic mass is 16.6. The number of nitrogens with zero attached hydrogens (tertiary/aromatic N) is 1. The van der Waals surface area contributed by atoms with Gasteiger partial charge >= 0.3 is 0 Å². The molecule has 0 bridgehead atoms. The van der Waals surface area contributed by atoms with Crippen molar-refractivity contribution in [2.45, 2.75) is 0 Å². The van der Waals surface area contributed by atoms with E-state index in [0.717, 1.165) is 0 Å². The molecule has 2 aliphatic rings. The molecule has 32 heavy (non-hydrogen) atoms. The van der Waals surface area contributed by atoms with Gasteiger partial charge in [-0.25, -0.2) is 4.90 Å². The molecule has 0 radical (unpaired) electrons. The van der Waals surface area contributed by atoms with E-state index in [4.69, 9.17) is 14.2 Å². The Bertz CT molecular complexity index is 1220. The second-order valence-corrected chi connectivity index (χ2v) is 7.24. The Kier molecular flexibility index (Phi) is 4.99. The maximum Gasteiger partial charge on any atom is 0.282 e. The zero-order chi connectivity index (χ0) is 22.1. The van der Waals surface area contributed by atoms with E-state index in [9.17, 15) is 9.59 Å². The smallest absolute Gasteiger partial charge is 0.282 e. The highest BCUT2D eigenvalue weighted by Gasteiger charge is 2.40. The number of fused-ring (bicyclic) bond motifs is 1. The van der Waals surface area contributed by atoms with Crippen LogP contribution in [0.5, 0.6) is 17.2 Å². The lowest BCUT2D eigenvalue weighted by Gasteiger charge is -2.19. The number of ether oxygens (including phenoxy) is 3. The lowest BCUT2D eigenvalue weighted by atomic mass is 10.0. The van der Waals surface area contributed by atoms with Crippen LogP contribution < -0.4 is 24.4 Å². The summed E-state index contributed by atoms with van der Waals surface area (Å²) in [5.41, 5.74) is 2.22. The Morgan fingerprint density at radius 1 is 0.844 bits per heavy atom. The molecule has 7 nitrogen and oxygen atoms in total. The molecule has 0 saturated carbocycles. The van der Waals surface area contributed by atoms with Gasteiger partial charge in [0.05, 0.1) is 18.4 Å². The highest BCUT2D eigenvalue weighted by Crippen LogP contribution is 2.37. The van der Waals surface area contributed by atoms with Gasteiger partial charge < -0.3 is 19.5 Å². The molecule has 0 fully saturated rings. The molecule has 5 rings (SSSR count). The molecule has 0 unspecified atom stereocenters. The number of carbonyl (C=O) groups is 2. The highest BCUT2D eigenvalue weighted by molar-refractivity contribution is 6.46. The van der Waals surface area contributed by atoms with Gasteiger partial charge in [0.1, 0.15) is 24.7 Å². The number of anilines is 2. The summed E-state index contributed by atoms with van der Waals surface area (Å²) in [4.78, 5) is 28.0. The van der Waals surface area contributed by atoms with E-state index in [-0.39, 0.29) is 11.3 Å². The van der Waals surface area contributed by atoms with Crippen LogP contribution in [0.1, 0.15) is 5.56 Å². The summed E-state index contributed by atoms with van der Waals surface area (Å²) in [6, 6.07) is 21.2. The Labute approximate surface area is 184 Å². The molecule has 2 amide bonds. The first-order valence-electron chi connectivity index (χ1n) is 10.1. The molecule has 1 N–H and O–H groups in total. The molecule has 0 aromatic heterocycles. The number of amides is 2. The van der Waals surface area contributed by atoms with Crippen molar-refractivity contribution in [1.82, 2.24) is 0 Å². The number of rotatable bonds is 5. The van der Waals surface area contributed by atoms with Gasteiger partial charge in [-0.3, -0.25) is 9.59 Å². The van der Waals surface area contributed by atoms with Gasteiger partial charge in [0.15, 0.2) is 11.5 Å². The van der Waals surface area contributed by atoms with Crippen molar-refractivity contribution >= 4 is 28.8 Å². The van der Waals surface area contributed by atoms with Crippen LogP contribution in [-0.2, 0) is 9.59 Å². The minimum atomic E-state index is -0.429. The standard InChI is InChI=1S/C25H20N2O5/c1-30-19-10-7-16(8-11-19)22-23(25(29)27(24(22)28)18-5-3-2-4-6-18)26-17-9-12-20-21(15-17)32-14-13-31-20/h2-12,15,26H,13-14H2,1H3. The SMILES string of the molecule is COc1ccc(C2=C(Nc3ccc4c(c3)OCCO4)C(=O)N(c3ccccc3)C2=O)cc1. The third-order valence-corrected chi connectivity index (χ3v) is 5.29. The van der Waals surface area contributed by atoms with E-state index in [1.165, 1.54) is 4.90 Å². The molecular weight excluding hydrogens is 408 g/mol. The molecule has 0 spiro atoms. The van der Waals surface area contributed by atoms with E-state index in [0.29, 0.717) is 47.4 Å². The average Bonchev–Trinajstić information content (AvgIpc) is 3.08. The van der Waals surface area contributed by atoms with Gasteiger partial charge in [-0.05, 0) is 42.0 Å². The van der Waals surface area contributed by atoms with E-state index in [1.807, 2.05) is 6.07 Å². The average molecular weight is 428 g/mol. The predicted molar refractivity (Wildman–Crippen MR) is 120 cm³/mol. The van der Waals surface area contributed by atoms with Crippen LogP contribution in [0.25, 0.3) is 5.57 Å². The number of nitrogens with one attached hydrogen (secondary N) is 1. The van der Waals surface area contributed by atoms with Crippen LogP contribution >= 0.6 is 0 Å². The number of benzene rings is 3. The number of carbonyl (C=O) groups excluding carboxylic acids is 2. The lowest BCUT2D eigenvalue weighted by molar-refractivity contribution is -0.120. The molecule has 3 aromatic carbocycles. The molecular formula is C25H20N2O5. The fourth-order valence-electron chi connectivity index (χ4n) is 3.75. The Hall–Kier alpha value is -4.26. The van der Waals surface area contributed by atoms with Crippen molar-refractivity contribution in [1.29, 1.82) is 0 Å². The van der Waals surface area contributed by atoms with Crippen molar-refractivity contribution < 1.29 is 23.8 Å². The Balaban J connectivity index is 1.57. The monoisotopic (exact) mass is 428 g/mol. The van der Waals surface area contributed by atoms with E-state index in [1.54, 1.807) is 73.8 Å².